The van der Waals surface area contributed by atoms with Crippen LogP contribution in [0.5, 0.6) is 5.75 Å². The Morgan fingerprint density at radius 1 is 1.23 bits per heavy atom. The quantitative estimate of drug-likeness (QED) is 0.423. The highest BCUT2D eigenvalue weighted by atomic mass is 16.5. The zero-order valence-corrected chi connectivity index (χ0v) is 18.7. The van der Waals surface area contributed by atoms with Gasteiger partial charge in [-0.25, -0.2) is 4.79 Å². The standard InChI is InChI=1S/C23H30N2O6/c1-14-9-22(3,4)13-23(10-14)20(28)25(21(29)24-23)11-19(27)31-12-17-8-16(15(2)26)6-7-18(17)30-5/h6-8,14H,9-13H2,1-5H3,(H,24,29)/t14-,23+/m0/s1. The molecule has 1 N–H and O–H groups in total. The molecule has 3 rings (SSSR count). The molecule has 8 heteroatoms. The summed E-state index contributed by atoms with van der Waals surface area (Å²) in [6, 6.07) is 4.30. The van der Waals surface area contributed by atoms with Gasteiger partial charge < -0.3 is 14.8 Å². The van der Waals surface area contributed by atoms with Crippen molar-refractivity contribution in [2.45, 2.75) is 59.1 Å². The largest absolute Gasteiger partial charge is 0.496 e. The Hall–Kier alpha value is -2.90. The van der Waals surface area contributed by atoms with E-state index < -0.39 is 24.1 Å². The average molecular weight is 431 g/mol. The van der Waals surface area contributed by atoms with E-state index in [1.807, 2.05) is 0 Å². The minimum Gasteiger partial charge on any atom is -0.496 e. The van der Waals surface area contributed by atoms with Crippen LogP contribution in [0.2, 0.25) is 0 Å². The van der Waals surface area contributed by atoms with Gasteiger partial charge in [-0.05, 0) is 55.7 Å². The molecule has 1 saturated carbocycles. The van der Waals surface area contributed by atoms with Crippen molar-refractivity contribution in [3.63, 3.8) is 0 Å². The van der Waals surface area contributed by atoms with Crippen molar-refractivity contribution >= 4 is 23.7 Å². The minimum atomic E-state index is -0.961. The van der Waals surface area contributed by atoms with Crippen molar-refractivity contribution in [1.82, 2.24) is 10.2 Å². The number of ketones is 1. The number of hydrogen-bond donors (Lipinski definition) is 1. The summed E-state index contributed by atoms with van der Waals surface area (Å²) in [6.45, 7) is 7.09. The summed E-state index contributed by atoms with van der Waals surface area (Å²) in [5.74, 6) is -0.445. The zero-order valence-electron chi connectivity index (χ0n) is 18.7. The highest BCUT2D eigenvalue weighted by Gasteiger charge is 2.56. The fraction of sp³-hybridized carbons (Fsp3) is 0.565. The molecule has 0 aromatic heterocycles. The van der Waals surface area contributed by atoms with E-state index in [-0.39, 0.29) is 29.6 Å². The molecule has 1 aliphatic heterocycles. The van der Waals surface area contributed by atoms with Crippen LogP contribution in [0.3, 0.4) is 0 Å². The van der Waals surface area contributed by atoms with Gasteiger partial charge in [-0.3, -0.25) is 19.3 Å². The second-order valence-corrected chi connectivity index (χ2v) is 9.50. The lowest BCUT2D eigenvalue weighted by atomic mass is 9.64. The Kier molecular flexibility index (Phi) is 6.11. The predicted octanol–water partition coefficient (Wildman–Crippen LogP) is 3.08. The Balaban J connectivity index is 1.67. The van der Waals surface area contributed by atoms with Crippen molar-refractivity contribution in [1.29, 1.82) is 0 Å². The van der Waals surface area contributed by atoms with E-state index in [0.717, 1.165) is 11.3 Å². The molecule has 31 heavy (non-hydrogen) atoms. The first-order valence-electron chi connectivity index (χ1n) is 10.4. The smallest absolute Gasteiger partial charge is 0.326 e. The van der Waals surface area contributed by atoms with Gasteiger partial charge in [-0.2, -0.15) is 0 Å². The van der Waals surface area contributed by atoms with Crippen LogP contribution < -0.4 is 10.1 Å². The lowest BCUT2D eigenvalue weighted by Crippen LogP contribution is -2.54. The summed E-state index contributed by atoms with van der Waals surface area (Å²) in [6.07, 6.45) is 2.07. The van der Waals surface area contributed by atoms with E-state index >= 15 is 0 Å². The molecule has 1 saturated heterocycles. The molecule has 168 valence electrons. The molecule has 1 aliphatic carbocycles. The molecule has 1 aromatic rings. The van der Waals surface area contributed by atoms with Crippen molar-refractivity contribution in [3.05, 3.63) is 29.3 Å². The number of carbonyl (C=O) groups excluding carboxylic acids is 4. The second-order valence-electron chi connectivity index (χ2n) is 9.50. The van der Waals surface area contributed by atoms with Crippen LogP contribution in [0.25, 0.3) is 0 Å². The van der Waals surface area contributed by atoms with Gasteiger partial charge in [0.15, 0.2) is 5.78 Å². The molecule has 2 atom stereocenters. The number of methoxy groups -OCH3 is 1. The van der Waals surface area contributed by atoms with Gasteiger partial charge in [0.2, 0.25) is 0 Å². The van der Waals surface area contributed by atoms with Crippen molar-refractivity contribution in [3.8, 4) is 5.75 Å². The van der Waals surface area contributed by atoms with Crippen LogP contribution in [-0.4, -0.2) is 47.8 Å². The first kappa shape index (κ1) is 22.8. The van der Waals surface area contributed by atoms with Crippen molar-refractivity contribution in [2.75, 3.05) is 13.7 Å². The van der Waals surface area contributed by atoms with Crippen LogP contribution in [0.4, 0.5) is 4.79 Å². The summed E-state index contributed by atoms with van der Waals surface area (Å²) < 4.78 is 10.6. The van der Waals surface area contributed by atoms with Crippen LogP contribution in [0, 0.1) is 11.3 Å². The monoisotopic (exact) mass is 430 g/mol. The summed E-state index contributed by atoms with van der Waals surface area (Å²) in [5, 5.41) is 2.84. The van der Waals surface area contributed by atoms with Crippen molar-refractivity contribution < 1.29 is 28.7 Å². The first-order chi connectivity index (χ1) is 14.5. The van der Waals surface area contributed by atoms with E-state index in [9.17, 15) is 19.2 Å². The fourth-order valence-electron chi connectivity index (χ4n) is 5.09. The highest BCUT2D eigenvalue weighted by molar-refractivity contribution is 6.08. The molecule has 1 spiro atoms. The number of urea groups is 1. The van der Waals surface area contributed by atoms with Crippen LogP contribution in [0.1, 0.15) is 62.9 Å². The molecular weight excluding hydrogens is 400 g/mol. The number of esters is 1. The summed E-state index contributed by atoms with van der Waals surface area (Å²) in [7, 11) is 1.48. The van der Waals surface area contributed by atoms with Gasteiger partial charge in [0, 0.05) is 11.1 Å². The topological polar surface area (TPSA) is 102 Å². The highest BCUT2D eigenvalue weighted by Crippen LogP contribution is 2.46. The maximum atomic E-state index is 13.1. The second kappa shape index (κ2) is 8.32. The predicted molar refractivity (Wildman–Crippen MR) is 113 cm³/mol. The van der Waals surface area contributed by atoms with Gasteiger partial charge >= 0.3 is 12.0 Å². The molecule has 1 aromatic carbocycles. The molecular formula is C23H30N2O6. The van der Waals surface area contributed by atoms with Gasteiger partial charge in [0.05, 0.1) is 7.11 Å². The lowest BCUT2D eigenvalue weighted by molar-refractivity contribution is -0.149. The summed E-state index contributed by atoms with van der Waals surface area (Å²) in [4.78, 5) is 50.7. The number of nitrogens with one attached hydrogen (secondary N) is 1. The molecule has 1 heterocycles. The third kappa shape index (κ3) is 4.73. The fourth-order valence-corrected chi connectivity index (χ4v) is 5.09. The number of Topliss-reactive ketones (excluding diaryl/α,β-unsaturated/α-hetero) is 1. The van der Waals surface area contributed by atoms with Crippen LogP contribution in [0.15, 0.2) is 18.2 Å². The number of amides is 3. The normalized spacial score (nSPS) is 24.8. The van der Waals surface area contributed by atoms with E-state index in [0.29, 0.717) is 29.7 Å². The van der Waals surface area contributed by atoms with E-state index in [4.69, 9.17) is 9.47 Å². The van der Waals surface area contributed by atoms with Gasteiger partial charge in [0.25, 0.3) is 5.91 Å². The van der Waals surface area contributed by atoms with Crippen LogP contribution in [-0.2, 0) is 20.9 Å². The van der Waals surface area contributed by atoms with Gasteiger partial charge in [0.1, 0.15) is 24.4 Å². The maximum absolute atomic E-state index is 13.1. The minimum absolute atomic E-state index is 0.0879. The number of nitrogens with zero attached hydrogens (tertiary/aromatic N) is 1. The number of benzene rings is 1. The SMILES string of the molecule is COc1ccc(C(C)=O)cc1COC(=O)CN1C(=O)N[C@@]2(C[C@@H](C)CC(C)(C)C2)C1=O. The van der Waals surface area contributed by atoms with Gasteiger partial charge in [-0.1, -0.05) is 20.8 Å². The maximum Gasteiger partial charge on any atom is 0.326 e. The van der Waals surface area contributed by atoms with Gasteiger partial charge in [-0.15, -0.1) is 0 Å². The molecule has 8 nitrogen and oxygen atoms in total. The lowest BCUT2D eigenvalue weighted by Gasteiger charge is -2.43. The molecule has 3 amide bonds. The van der Waals surface area contributed by atoms with E-state index in [2.05, 4.69) is 26.1 Å². The molecule has 0 unspecified atom stereocenters. The number of ether oxygens (including phenoxy) is 2. The first-order valence-corrected chi connectivity index (χ1v) is 10.4. The summed E-state index contributed by atoms with van der Waals surface area (Å²) >= 11 is 0. The van der Waals surface area contributed by atoms with Crippen LogP contribution >= 0.6 is 0 Å². The Bertz CT molecular complexity index is 925. The third-order valence-corrected chi connectivity index (χ3v) is 5.99. The number of imide groups is 1. The number of hydrogen-bond acceptors (Lipinski definition) is 6. The Morgan fingerprint density at radius 3 is 2.55 bits per heavy atom. The zero-order chi connectivity index (χ0) is 23.0. The van der Waals surface area contributed by atoms with Crippen molar-refractivity contribution in [2.24, 2.45) is 11.3 Å². The number of carbonyl (C=O) groups is 4. The Labute approximate surface area is 182 Å². The number of rotatable bonds is 6. The Morgan fingerprint density at radius 2 is 1.94 bits per heavy atom. The van der Waals surface area contributed by atoms with E-state index in [1.54, 1.807) is 18.2 Å². The molecule has 0 bridgehead atoms. The third-order valence-electron chi connectivity index (χ3n) is 5.99. The molecule has 2 aliphatic rings. The molecule has 0 radical (unpaired) electrons. The van der Waals surface area contributed by atoms with E-state index in [1.165, 1.54) is 14.0 Å². The average Bonchev–Trinajstić information content (AvgIpc) is 2.87. The summed E-state index contributed by atoms with van der Waals surface area (Å²) in [5.41, 5.74) is -0.0514. The molecule has 2 fully saturated rings.